The lowest BCUT2D eigenvalue weighted by Gasteiger charge is -2.38. The lowest BCUT2D eigenvalue weighted by atomic mass is 10.0. The van der Waals surface area contributed by atoms with Gasteiger partial charge in [0.05, 0.1) is 30.7 Å². The molecule has 0 bridgehead atoms. The van der Waals surface area contributed by atoms with Crippen LogP contribution in [0.3, 0.4) is 0 Å². The fourth-order valence-corrected chi connectivity index (χ4v) is 3.03. The molecule has 2 fully saturated rings. The standard InChI is InChI=1S/C17H25N3O3/c1-16(2,3)19-15(21)13-10-14(12-18-11-13)20-6-4-17(5-7-20)22-8-9-23-17/h10-12H,4-9H2,1-3H3,(H,19,21). The molecule has 3 heterocycles. The summed E-state index contributed by atoms with van der Waals surface area (Å²) in [7, 11) is 0. The van der Waals surface area contributed by atoms with Gasteiger partial charge < -0.3 is 19.7 Å². The predicted octanol–water partition coefficient (Wildman–Crippen LogP) is 1.95. The summed E-state index contributed by atoms with van der Waals surface area (Å²) in [4.78, 5) is 18.8. The van der Waals surface area contributed by atoms with E-state index in [-0.39, 0.29) is 17.2 Å². The Morgan fingerprint density at radius 1 is 1.22 bits per heavy atom. The maximum Gasteiger partial charge on any atom is 0.253 e. The second-order valence-corrected chi connectivity index (χ2v) is 7.23. The van der Waals surface area contributed by atoms with Crippen LogP contribution in [0.15, 0.2) is 18.5 Å². The zero-order valence-corrected chi connectivity index (χ0v) is 14.1. The average molecular weight is 319 g/mol. The van der Waals surface area contributed by atoms with E-state index in [0.29, 0.717) is 18.8 Å². The van der Waals surface area contributed by atoms with Gasteiger partial charge in [-0.3, -0.25) is 9.78 Å². The van der Waals surface area contributed by atoms with E-state index in [2.05, 4.69) is 15.2 Å². The van der Waals surface area contributed by atoms with E-state index in [1.54, 1.807) is 6.20 Å². The third-order valence-corrected chi connectivity index (χ3v) is 4.18. The van der Waals surface area contributed by atoms with E-state index in [1.807, 2.05) is 33.0 Å². The van der Waals surface area contributed by atoms with Crippen LogP contribution in [0.2, 0.25) is 0 Å². The fourth-order valence-electron chi connectivity index (χ4n) is 3.03. The molecule has 6 heteroatoms. The normalized spacial score (nSPS) is 20.7. The van der Waals surface area contributed by atoms with E-state index in [9.17, 15) is 4.79 Å². The molecule has 1 spiro atoms. The number of nitrogens with zero attached hydrogens (tertiary/aromatic N) is 2. The van der Waals surface area contributed by atoms with E-state index < -0.39 is 0 Å². The number of carbonyl (C=O) groups excluding carboxylic acids is 1. The summed E-state index contributed by atoms with van der Waals surface area (Å²) in [5.41, 5.74) is 1.30. The maximum atomic E-state index is 12.3. The van der Waals surface area contributed by atoms with Crippen LogP contribution in [0.1, 0.15) is 44.0 Å². The number of piperidine rings is 1. The maximum absolute atomic E-state index is 12.3. The highest BCUT2D eigenvalue weighted by molar-refractivity contribution is 5.95. The van der Waals surface area contributed by atoms with Crippen LogP contribution in [0.5, 0.6) is 0 Å². The van der Waals surface area contributed by atoms with Crippen LogP contribution >= 0.6 is 0 Å². The number of hydrogen-bond acceptors (Lipinski definition) is 5. The molecule has 0 saturated carbocycles. The van der Waals surface area contributed by atoms with Crippen molar-refractivity contribution in [2.24, 2.45) is 0 Å². The minimum atomic E-state index is -0.384. The Labute approximate surface area is 137 Å². The SMILES string of the molecule is CC(C)(C)NC(=O)c1cncc(N2CCC3(CC2)OCCO3)c1. The van der Waals surface area contributed by atoms with Crippen LogP contribution in [-0.2, 0) is 9.47 Å². The van der Waals surface area contributed by atoms with Gasteiger partial charge in [0.15, 0.2) is 5.79 Å². The molecule has 6 nitrogen and oxygen atoms in total. The summed E-state index contributed by atoms with van der Waals surface area (Å²) in [6, 6.07) is 1.91. The van der Waals surface area contributed by atoms with Crippen molar-refractivity contribution in [3.8, 4) is 0 Å². The summed E-state index contributed by atoms with van der Waals surface area (Å²) < 4.78 is 11.5. The molecule has 1 amide bonds. The number of pyridine rings is 1. The number of carbonyl (C=O) groups is 1. The van der Waals surface area contributed by atoms with Gasteiger partial charge in [-0.25, -0.2) is 0 Å². The molecular formula is C17H25N3O3. The highest BCUT2D eigenvalue weighted by Crippen LogP contribution is 2.33. The third kappa shape index (κ3) is 3.82. The summed E-state index contributed by atoms with van der Waals surface area (Å²) >= 11 is 0. The van der Waals surface area contributed by atoms with E-state index in [0.717, 1.165) is 31.6 Å². The number of ether oxygens (including phenoxy) is 2. The average Bonchev–Trinajstić information content (AvgIpc) is 2.95. The van der Waals surface area contributed by atoms with Crippen molar-refractivity contribution >= 4 is 11.6 Å². The van der Waals surface area contributed by atoms with Crippen molar-refractivity contribution in [3.63, 3.8) is 0 Å². The Bertz CT molecular complexity index is 567. The Morgan fingerprint density at radius 2 is 1.87 bits per heavy atom. The van der Waals surface area contributed by atoms with Crippen molar-refractivity contribution in [1.82, 2.24) is 10.3 Å². The van der Waals surface area contributed by atoms with Crippen molar-refractivity contribution in [1.29, 1.82) is 0 Å². The van der Waals surface area contributed by atoms with Crippen molar-refractivity contribution in [2.45, 2.75) is 44.9 Å². The molecule has 23 heavy (non-hydrogen) atoms. The lowest BCUT2D eigenvalue weighted by Crippen LogP contribution is -2.45. The van der Waals surface area contributed by atoms with Crippen LogP contribution in [0.25, 0.3) is 0 Å². The van der Waals surface area contributed by atoms with E-state index in [4.69, 9.17) is 9.47 Å². The molecule has 1 N–H and O–H groups in total. The molecule has 1 aromatic heterocycles. The molecule has 0 aromatic carbocycles. The highest BCUT2D eigenvalue weighted by atomic mass is 16.7. The Morgan fingerprint density at radius 3 is 2.48 bits per heavy atom. The first-order valence-electron chi connectivity index (χ1n) is 8.17. The van der Waals surface area contributed by atoms with Crippen molar-refractivity contribution in [2.75, 3.05) is 31.2 Å². The number of nitrogens with one attached hydrogen (secondary N) is 1. The van der Waals surface area contributed by atoms with Gasteiger partial charge in [0.25, 0.3) is 5.91 Å². The van der Waals surface area contributed by atoms with Gasteiger partial charge in [-0.05, 0) is 26.8 Å². The smallest absolute Gasteiger partial charge is 0.253 e. The number of hydrogen-bond donors (Lipinski definition) is 1. The zero-order chi connectivity index (χ0) is 16.5. The van der Waals surface area contributed by atoms with Gasteiger partial charge in [-0.15, -0.1) is 0 Å². The van der Waals surface area contributed by atoms with Crippen LogP contribution < -0.4 is 10.2 Å². The molecular weight excluding hydrogens is 294 g/mol. The monoisotopic (exact) mass is 319 g/mol. The largest absolute Gasteiger partial charge is 0.370 e. The van der Waals surface area contributed by atoms with Gasteiger partial charge in [0.1, 0.15) is 0 Å². The molecule has 2 saturated heterocycles. The second kappa shape index (κ2) is 6.09. The molecule has 0 unspecified atom stereocenters. The molecule has 0 aliphatic carbocycles. The fraction of sp³-hybridized carbons (Fsp3) is 0.647. The minimum Gasteiger partial charge on any atom is -0.370 e. The van der Waals surface area contributed by atoms with Crippen molar-refractivity contribution in [3.05, 3.63) is 24.0 Å². The van der Waals surface area contributed by atoms with Gasteiger partial charge in [0, 0.05) is 37.7 Å². The number of anilines is 1. The van der Waals surface area contributed by atoms with E-state index >= 15 is 0 Å². The zero-order valence-electron chi connectivity index (χ0n) is 14.1. The summed E-state index contributed by atoms with van der Waals surface area (Å²) in [5, 5.41) is 2.97. The van der Waals surface area contributed by atoms with Gasteiger partial charge in [0.2, 0.25) is 0 Å². The number of aromatic nitrogens is 1. The summed E-state index contributed by atoms with van der Waals surface area (Å²) in [5.74, 6) is -0.478. The Balaban J connectivity index is 1.67. The minimum absolute atomic E-state index is 0.0946. The lowest BCUT2D eigenvalue weighted by molar-refractivity contribution is -0.169. The topological polar surface area (TPSA) is 63.7 Å². The molecule has 2 aliphatic rings. The highest BCUT2D eigenvalue weighted by Gasteiger charge is 2.39. The van der Waals surface area contributed by atoms with Gasteiger partial charge >= 0.3 is 0 Å². The summed E-state index contributed by atoms with van der Waals surface area (Å²) in [6.45, 7) is 8.95. The molecule has 2 aliphatic heterocycles. The van der Waals surface area contributed by atoms with E-state index in [1.165, 1.54) is 0 Å². The van der Waals surface area contributed by atoms with Gasteiger partial charge in [-0.1, -0.05) is 0 Å². The Hall–Kier alpha value is -1.66. The first kappa shape index (κ1) is 16.2. The van der Waals surface area contributed by atoms with Crippen LogP contribution in [0, 0.1) is 0 Å². The molecule has 1 aromatic rings. The predicted molar refractivity (Wildman–Crippen MR) is 87.5 cm³/mol. The molecule has 3 rings (SSSR count). The number of amides is 1. The third-order valence-electron chi connectivity index (χ3n) is 4.18. The summed E-state index contributed by atoms with van der Waals surface area (Å²) in [6.07, 6.45) is 5.10. The quantitative estimate of drug-likeness (QED) is 0.903. The molecule has 0 radical (unpaired) electrons. The molecule has 126 valence electrons. The van der Waals surface area contributed by atoms with Crippen molar-refractivity contribution < 1.29 is 14.3 Å². The van der Waals surface area contributed by atoms with Crippen LogP contribution in [0.4, 0.5) is 5.69 Å². The van der Waals surface area contributed by atoms with Crippen LogP contribution in [-0.4, -0.2) is 48.5 Å². The first-order chi connectivity index (χ1) is 10.9. The molecule has 0 atom stereocenters. The first-order valence-corrected chi connectivity index (χ1v) is 8.17. The van der Waals surface area contributed by atoms with Gasteiger partial charge in [-0.2, -0.15) is 0 Å². The second-order valence-electron chi connectivity index (χ2n) is 7.23. The Kier molecular flexibility index (Phi) is 4.29. The number of rotatable bonds is 2.